The van der Waals surface area contributed by atoms with Gasteiger partial charge in [-0.05, 0) is 12.0 Å². The zero-order valence-corrected chi connectivity index (χ0v) is 11.7. The Kier molecular flexibility index (Phi) is 6.73. The van der Waals surface area contributed by atoms with Crippen LogP contribution in [0.3, 0.4) is 0 Å². The maximum atomic E-state index is 12.0. The third kappa shape index (κ3) is 5.40. The molecule has 2 atom stereocenters. The number of hydrogen-bond acceptors (Lipinski definition) is 3. The summed E-state index contributed by atoms with van der Waals surface area (Å²) in [6.45, 7) is 2.03. The second-order valence-corrected chi connectivity index (χ2v) is 4.82. The van der Waals surface area contributed by atoms with Crippen molar-refractivity contribution in [2.75, 3.05) is 0 Å². The number of nitrogens with one attached hydrogen (secondary N) is 1. The number of amides is 1. The van der Waals surface area contributed by atoms with E-state index in [4.69, 9.17) is 10.8 Å². The van der Waals surface area contributed by atoms with Crippen molar-refractivity contribution in [3.8, 4) is 0 Å². The molecule has 5 nitrogen and oxygen atoms in total. The number of carboxylic acids is 1. The number of rotatable bonds is 8. The minimum absolute atomic E-state index is 0.156. The molecular weight excluding hydrogens is 256 g/mol. The molecule has 0 aliphatic rings. The van der Waals surface area contributed by atoms with Crippen LogP contribution in [0.1, 0.15) is 44.2 Å². The van der Waals surface area contributed by atoms with Gasteiger partial charge >= 0.3 is 5.97 Å². The maximum absolute atomic E-state index is 12.0. The molecule has 0 fully saturated rings. The van der Waals surface area contributed by atoms with Gasteiger partial charge in [0, 0.05) is 0 Å². The molecule has 20 heavy (non-hydrogen) atoms. The van der Waals surface area contributed by atoms with Crippen molar-refractivity contribution in [2.24, 2.45) is 5.73 Å². The number of aliphatic carboxylic acids is 1. The van der Waals surface area contributed by atoms with Gasteiger partial charge in [0.25, 0.3) is 0 Å². The molecule has 0 bridgehead atoms. The molecule has 1 aromatic rings. The Bertz CT molecular complexity index is 434. The fraction of sp³-hybridized carbons (Fsp3) is 0.467. The second kappa shape index (κ2) is 8.32. The molecule has 110 valence electrons. The maximum Gasteiger partial charge on any atom is 0.305 e. The molecule has 1 rings (SSSR count). The van der Waals surface area contributed by atoms with E-state index in [9.17, 15) is 9.59 Å². The number of carbonyl (C=O) groups is 2. The van der Waals surface area contributed by atoms with Crippen molar-refractivity contribution < 1.29 is 14.7 Å². The molecule has 0 aliphatic carbocycles. The van der Waals surface area contributed by atoms with Gasteiger partial charge in [-0.3, -0.25) is 9.59 Å². The Morgan fingerprint density at radius 2 is 1.95 bits per heavy atom. The van der Waals surface area contributed by atoms with E-state index in [-0.39, 0.29) is 12.3 Å². The molecule has 0 radical (unpaired) electrons. The first kappa shape index (κ1) is 16.2. The molecule has 0 saturated heterocycles. The van der Waals surface area contributed by atoms with Gasteiger partial charge in [0.15, 0.2) is 0 Å². The van der Waals surface area contributed by atoms with Crippen LogP contribution in [0.5, 0.6) is 0 Å². The quantitative estimate of drug-likeness (QED) is 0.676. The number of carboxylic acid groups (broad SMARTS) is 1. The van der Waals surface area contributed by atoms with E-state index in [0.29, 0.717) is 6.42 Å². The number of benzene rings is 1. The van der Waals surface area contributed by atoms with Crippen LogP contribution in [0.2, 0.25) is 0 Å². The van der Waals surface area contributed by atoms with Crippen molar-refractivity contribution in [1.29, 1.82) is 0 Å². The lowest BCUT2D eigenvalue weighted by Gasteiger charge is -2.20. The van der Waals surface area contributed by atoms with Crippen LogP contribution >= 0.6 is 0 Å². The predicted molar refractivity (Wildman–Crippen MR) is 77.1 cm³/mol. The summed E-state index contributed by atoms with van der Waals surface area (Å²) < 4.78 is 0. The molecule has 4 N–H and O–H groups in total. The first-order chi connectivity index (χ1) is 9.54. The number of unbranched alkanes of at least 4 members (excludes halogenated alkanes) is 1. The SMILES string of the molecule is CCCCC(N)C(=O)NC(CC(=O)O)c1ccccc1. The Balaban J connectivity index is 2.70. The van der Waals surface area contributed by atoms with Gasteiger partial charge in [0.05, 0.1) is 18.5 Å². The highest BCUT2D eigenvalue weighted by Gasteiger charge is 2.21. The van der Waals surface area contributed by atoms with E-state index >= 15 is 0 Å². The lowest BCUT2D eigenvalue weighted by Crippen LogP contribution is -2.42. The summed E-state index contributed by atoms with van der Waals surface area (Å²) in [5.41, 5.74) is 6.57. The van der Waals surface area contributed by atoms with Crippen molar-refractivity contribution in [3.63, 3.8) is 0 Å². The minimum atomic E-state index is -0.957. The van der Waals surface area contributed by atoms with E-state index in [0.717, 1.165) is 18.4 Å². The lowest BCUT2D eigenvalue weighted by atomic mass is 10.0. The Hall–Kier alpha value is -1.88. The third-order valence-electron chi connectivity index (χ3n) is 3.10. The number of hydrogen-bond donors (Lipinski definition) is 3. The summed E-state index contributed by atoms with van der Waals surface area (Å²) >= 11 is 0. The van der Waals surface area contributed by atoms with Gasteiger partial charge in [-0.1, -0.05) is 50.1 Å². The Morgan fingerprint density at radius 1 is 1.30 bits per heavy atom. The molecule has 0 heterocycles. The molecule has 1 amide bonds. The van der Waals surface area contributed by atoms with E-state index in [1.54, 1.807) is 12.1 Å². The van der Waals surface area contributed by atoms with Crippen molar-refractivity contribution >= 4 is 11.9 Å². The van der Waals surface area contributed by atoms with Gasteiger partial charge in [-0.25, -0.2) is 0 Å². The molecule has 0 aromatic heterocycles. The first-order valence-electron chi connectivity index (χ1n) is 6.87. The first-order valence-corrected chi connectivity index (χ1v) is 6.87. The summed E-state index contributed by atoms with van der Waals surface area (Å²) in [6, 6.07) is 7.93. The van der Waals surface area contributed by atoms with Crippen LogP contribution in [-0.2, 0) is 9.59 Å². The van der Waals surface area contributed by atoms with Gasteiger partial charge < -0.3 is 16.2 Å². The number of nitrogens with two attached hydrogens (primary N) is 1. The van der Waals surface area contributed by atoms with Crippen LogP contribution in [0.15, 0.2) is 30.3 Å². The number of carbonyl (C=O) groups excluding carboxylic acids is 1. The van der Waals surface area contributed by atoms with Crippen LogP contribution < -0.4 is 11.1 Å². The zero-order chi connectivity index (χ0) is 15.0. The Labute approximate surface area is 119 Å². The highest BCUT2D eigenvalue weighted by Crippen LogP contribution is 2.16. The van der Waals surface area contributed by atoms with Crippen molar-refractivity contribution in [1.82, 2.24) is 5.32 Å². The molecule has 2 unspecified atom stereocenters. The predicted octanol–water partition coefficient (Wildman–Crippen LogP) is 1.84. The van der Waals surface area contributed by atoms with Crippen molar-refractivity contribution in [3.05, 3.63) is 35.9 Å². The van der Waals surface area contributed by atoms with Gasteiger partial charge in [0.2, 0.25) is 5.91 Å². The average Bonchev–Trinajstić information content (AvgIpc) is 2.44. The molecular formula is C15H22N2O3. The van der Waals surface area contributed by atoms with Crippen LogP contribution in [0.25, 0.3) is 0 Å². The van der Waals surface area contributed by atoms with Crippen LogP contribution in [-0.4, -0.2) is 23.0 Å². The lowest BCUT2D eigenvalue weighted by molar-refractivity contribution is -0.137. The molecule has 1 aromatic carbocycles. The molecule has 5 heteroatoms. The molecule has 0 saturated carbocycles. The van der Waals surface area contributed by atoms with E-state index in [1.807, 2.05) is 25.1 Å². The van der Waals surface area contributed by atoms with Gasteiger partial charge in [-0.2, -0.15) is 0 Å². The van der Waals surface area contributed by atoms with Gasteiger partial charge in [-0.15, -0.1) is 0 Å². The van der Waals surface area contributed by atoms with Crippen LogP contribution in [0.4, 0.5) is 0 Å². The summed E-state index contributed by atoms with van der Waals surface area (Å²) in [4.78, 5) is 22.9. The van der Waals surface area contributed by atoms with Crippen molar-refractivity contribution in [2.45, 2.75) is 44.7 Å². The van der Waals surface area contributed by atoms with E-state index in [2.05, 4.69) is 5.32 Å². The molecule has 0 spiro atoms. The fourth-order valence-electron chi connectivity index (χ4n) is 1.95. The topological polar surface area (TPSA) is 92.4 Å². The summed E-state index contributed by atoms with van der Waals surface area (Å²) in [5.74, 6) is -1.25. The molecule has 0 aliphatic heterocycles. The normalized spacial score (nSPS) is 13.5. The Morgan fingerprint density at radius 3 is 2.50 bits per heavy atom. The highest BCUT2D eigenvalue weighted by atomic mass is 16.4. The minimum Gasteiger partial charge on any atom is -0.481 e. The van der Waals surface area contributed by atoms with E-state index < -0.39 is 18.1 Å². The second-order valence-electron chi connectivity index (χ2n) is 4.82. The monoisotopic (exact) mass is 278 g/mol. The summed E-state index contributed by atoms with van der Waals surface area (Å²) in [6.07, 6.45) is 2.30. The average molecular weight is 278 g/mol. The zero-order valence-electron chi connectivity index (χ0n) is 11.7. The highest BCUT2D eigenvalue weighted by molar-refractivity contribution is 5.82. The standard InChI is InChI=1S/C15H22N2O3/c1-2-3-9-12(16)15(20)17-13(10-14(18)19)11-7-5-4-6-8-11/h4-8,12-13H,2-3,9-10,16H2,1H3,(H,17,20)(H,18,19). The van der Waals surface area contributed by atoms with E-state index in [1.165, 1.54) is 0 Å². The smallest absolute Gasteiger partial charge is 0.305 e. The van der Waals surface area contributed by atoms with Gasteiger partial charge in [0.1, 0.15) is 0 Å². The largest absolute Gasteiger partial charge is 0.481 e. The third-order valence-corrected chi connectivity index (χ3v) is 3.10. The summed E-state index contributed by atoms with van der Waals surface area (Å²) in [7, 11) is 0. The fourth-order valence-corrected chi connectivity index (χ4v) is 1.95. The van der Waals surface area contributed by atoms with Crippen LogP contribution in [0, 0.1) is 0 Å². The summed E-state index contributed by atoms with van der Waals surface area (Å²) in [5, 5.41) is 11.7.